The van der Waals surface area contributed by atoms with Gasteiger partial charge >= 0.3 is 0 Å². The number of hydrogen-bond acceptors (Lipinski definition) is 4. The topological polar surface area (TPSA) is 55.8 Å². The predicted octanol–water partition coefficient (Wildman–Crippen LogP) is 3.47. The van der Waals surface area contributed by atoms with Crippen molar-refractivity contribution in [3.8, 4) is 11.5 Å². The number of nitrogens with zero attached hydrogens (tertiary/aromatic N) is 1. The fraction of sp³-hybridized carbons (Fsp3) is 0.263. The number of benzene rings is 2. The second-order valence-electron chi connectivity index (χ2n) is 5.41. The van der Waals surface area contributed by atoms with Crippen LogP contribution in [-0.2, 0) is 16.6 Å². The van der Waals surface area contributed by atoms with Gasteiger partial charge in [-0.1, -0.05) is 24.8 Å². The van der Waals surface area contributed by atoms with Crippen LogP contribution >= 0.6 is 0 Å². The van der Waals surface area contributed by atoms with E-state index in [0.717, 1.165) is 11.3 Å². The Bertz CT molecular complexity index is 783. The number of ether oxygens (including phenoxy) is 2. The van der Waals surface area contributed by atoms with Crippen LogP contribution < -0.4 is 9.47 Å². The van der Waals surface area contributed by atoms with E-state index in [1.165, 1.54) is 4.31 Å². The maximum absolute atomic E-state index is 12.7. The lowest BCUT2D eigenvalue weighted by Crippen LogP contribution is -2.26. The Morgan fingerprint density at radius 3 is 2.12 bits per heavy atom. The summed E-state index contributed by atoms with van der Waals surface area (Å²) < 4.78 is 37.4. The van der Waals surface area contributed by atoms with E-state index in [1.807, 2.05) is 31.2 Å². The standard InChI is InChI=1S/C19H23NO4S/c1-4-14-24-18-8-6-16(7-9-18)15-20(3)25(21,22)19-12-10-17(11-13-19)23-5-2/h4,6-13H,1,5,14-15H2,2-3H3. The van der Waals surface area contributed by atoms with Crippen molar-refractivity contribution in [1.29, 1.82) is 0 Å². The van der Waals surface area contributed by atoms with Gasteiger partial charge in [-0.05, 0) is 48.9 Å². The van der Waals surface area contributed by atoms with Crippen LogP contribution in [0.2, 0.25) is 0 Å². The van der Waals surface area contributed by atoms with Crippen molar-refractivity contribution < 1.29 is 17.9 Å². The fourth-order valence-corrected chi connectivity index (χ4v) is 3.40. The van der Waals surface area contributed by atoms with Gasteiger partial charge in [-0.25, -0.2) is 8.42 Å². The maximum Gasteiger partial charge on any atom is 0.243 e. The molecule has 2 rings (SSSR count). The highest BCUT2D eigenvalue weighted by molar-refractivity contribution is 7.89. The summed E-state index contributed by atoms with van der Waals surface area (Å²) in [5, 5.41) is 0. The first kappa shape index (κ1) is 19.0. The second-order valence-corrected chi connectivity index (χ2v) is 7.45. The molecule has 0 aliphatic carbocycles. The Morgan fingerprint density at radius 1 is 1.00 bits per heavy atom. The summed E-state index contributed by atoms with van der Waals surface area (Å²) in [5.41, 5.74) is 0.878. The van der Waals surface area contributed by atoms with E-state index in [2.05, 4.69) is 6.58 Å². The van der Waals surface area contributed by atoms with Crippen molar-refractivity contribution >= 4 is 10.0 Å². The van der Waals surface area contributed by atoms with E-state index in [1.54, 1.807) is 37.4 Å². The number of hydrogen-bond donors (Lipinski definition) is 0. The van der Waals surface area contributed by atoms with E-state index < -0.39 is 10.0 Å². The third-order valence-electron chi connectivity index (χ3n) is 3.54. The highest BCUT2D eigenvalue weighted by Crippen LogP contribution is 2.21. The van der Waals surface area contributed by atoms with Crippen molar-refractivity contribution in [1.82, 2.24) is 4.31 Å². The maximum atomic E-state index is 12.7. The van der Waals surface area contributed by atoms with Crippen molar-refractivity contribution in [2.45, 2.75) is 18.4 Å². The molecule has 0 atom stereocenters. The fourth-order valence-electron chi connectivity index (χ4n) is 2.24. The summed E-state index contributed by atoms with van der Waals surface area (Å²) in [4.78, 5) is 0.240. The zero-order valence-electron chi connectivity index (χ0n) is 14.5. The monoisotopic (exact) mass is 361 g/mol. The van der Waals surface area contributed by atoms with Gasteiger partial charge < -0.3 is 9.47 Å². The first-order valence-electron chi connectivity index (χ1n) is 7.99. The molecule has 25 heavy (non-hydrogen) atoms. The highest BCUT2D eigenvalue weighted by Gasteiger charge is 2.20. The SMILES string of the molecule is C=CCOc1ccc(CN(C)S(=O)(=O)c2ccc(OCC)cc2)cc1. The first-order chi connectivity index (χ1) is 12.0. The Kier molecular flexibility index (Phi) is 6.61. The zero-order valence-corrected chi connectivity index (χ0v) is 15.3. The van der Waals surface area contributed by atoms with E-state index in [9.17, 15) is 8.42 Å². The smallest absolute Gasteiger partial charge is 0.243 e. The van der Waals surface area contributed by atoms with Crippen LogP contribution in [0.25, 0.3) is 0 Å². The van der Waals surface area contributed by atoms with Crippen LogP contribution in [0.3, 0.4) is 0 Å². The van der Waals surface area contributed by atoms with E-state index in [4.69, 9.17) is 9.47 Å². The van der Waals surface area contributed by atoms with Gasteiger partial charge in [0, 0.05) is 13.6 Å². The summed E-state index contributed by atoms with van der Waals surface area (Å²) in [6.07, 6.45) is 1.67. The van der Waals surface area contributed by atoms with Crippen LogP contribution in [0.15, 0.2) is 66.1 Å². The molecule has 2 aromatic carbocycles. The number of rotatable bonds is 9. The Hall–Kier alpha value is -2.31. The van der Waals surface area contributed by atoms with Crippen molar-refractivity contribution in [2.24, 2.45) is 0 Å². The Labute approximate surface area is 149 Å². The molecular weight excluding hydrogens is 338 g/mol. The van der Waals surface area contributed by atoms with Gasteiger partial charge in [-0.2, -0.15) is 4.31 Å². The lowest BCUT2D eigenvalue weighted by molar-refractivity contribution is 0.340. The van der Waals surface area contributed by atoms with Crippen molar-refractivity contribution in [3.63, 3.8) is 0 Å². The molecule has 0 aliphatic rings. The molecule has 0 saturated carbocycles. The summed E-state index contributed by atoms with van der Waals surface area (Å²) >= 11 is 0. The minimum Gasteiger partial charge on any atom is -0.494 e. The van der Waals surface area contributed by atoms with Gasteiger partial charge in [0.25, 0.3) is 0 Å². The largest absolute Gasteiger partial charge is 0.494 e. The normalized spacial score (nSPS) is 11.3. The molecule has 0 aliphatic heterocycles. The minimum absolute atomic E-state index is 0.240. The average Bonchev–Trinajstić information content (AvgIpc) is 2.62. The molecule has 0 spiro atoms. The molecule has 0 N–H and O–H groups in total. The quantitative estimate of drug-likeness (QED) is 0.642. The van der Waals surface area contributed by atoms with Gasteiger partial charge in [0.1, 0.15) is 18.1 Å². The molecule has 6 heteroatoms. The van der Waals surface area contributed by atoms with Crippen LogP contribution in [0.1, 0.15) is 12.5 Å². The Balaban J connectivity index is 2.07. The first-order valence-corrected chi connectivity index (χ1v) is 9.43. The molecule has 0 unspecified atom stereocenters. The zero-order chi connectivity index (χ0) is 18.3. The van der Waals surface area contributed by atoms with Gasteiger partial charge in [0.05, 0.1) is 11.5 Å². The van der Waals surface area contributed by atoms with Gasteiger partial charge in [0.15, 0.2) is 0 Å². The van der Waals surface area contributed by atoms with Gasteiger partial charge in [-0.3, -0.25) is 0 Å². The van der Waals surface area contributed by atoms with E-state index in [-0.39, 0.29) is 11.4 Å². The summed E-state index contributed by atoms with van der Waals surface area (Å²) in [6, 6.07) is 13.8. The second kappa shape index (κ2) is 8.69. The predicted molar refractivity (Wildman–Crippen MR) is 98.4 cm³/mol. The summed E-state index contributed by atoms with van der Waals surface area (Å²) in [7, 11) is -2.00. The lowest BCUT2D eigenvalue weighted by Gasteiger charge is -2.18. The molecule has 0 radical (unpaired) electrons. The summed E-state index contributed by atoms with van der Waals surface area (Å²) in [6.45, 7) is 6.73. The van der Waals surface area contributed by atoms with Crippen LogP contribution in [-0.4, -0.2) is 33.0 Å². The molecular formula is C19H23NO4S. The molecule has 0 heterocycles. The van der Waals surface area contributed by atoms with Gasteiger partial charge in [0.2, 0.25) is 10.0 Å². The molecule has 0 fully saturated rings. The molecule has 134 valence electrons. The lowest BCUT2D eigenvalue weighted by atomic mass is 10.2. The van der Waals surface area contributed by atoms with E-state index in [0.29, 0.717) is 19.0 Å². The van der Waals surface area contributed by atoms with Crippen LogP contribution in [0.4, 0.5) is 0 Å². The van der Waals surface area contributed by atoms with Crippen molar-refractivity contribution in [2.75, 3.05) is 20.3 Å². The molecule has 2 aromatic rings. The third-order valence-corrected chi connectivity index (χ3v) is 5.36. The number of sulfonamides is 1. The molecule has 0 aromatic heterocycles. The van der Waals surface area contributed by atoms with Crippen LogP contribution in [0, 0.1) is 0 Å². The molecule has 5 nitrogen and oxygen atoms in total. The van der Waals surface area contributed by atoms with E-state index >= 15 is 0 Å². The van der Waals surface area contributed by atoms with Crippen LogP contribution in [0.5, 0.6) is 11.5 Å². The van der Waals surface area contributed by atoms with Gasteiger partial charge in [-0.15, -0.1) is 0 Å². The minimum atomic E-state index is -3.56. The average molecular weight is 361 g/mol. The molecule has 0 amide bonds. The van der Waals surface area contributed by atoms with Crippen molar-refractivity contribution in [3.05, 3.63) is 66.7 Å². The molecule has 0 bridgehead atoms. The third kappa shape index (κ3) is 5.08. The summed E-state index contributed by atoms with van der Waals surface area (Å²) in [5.74, 6) is 1.37. The Morgan fingerprint density at radius 2 is 1.56 bits per heavy atom. The highest BCUT2D eigenvalue weighted by atomic mass is 32.2. The molecule has 0 saturated heterocycles.